The van der Waals surface area contributed by atoms with Gasteiger partial charge in [0.2, 0.25) is 0 Å². The molecule has 1 aromatic carbocycles. The summed E-state index contributed by atoms with van der Waals surface area (Å²) < 4.78 is 5.71. The maximum Gasteiger partial charge on any atom is 0.177 e. The van der Waals surface area contributed by atoms with E-state index < -0.39 is 5.72 Å². The molecule has 17 heavy (non-hydrogen) atoms. The van der Waals surface area contributed by atoms with E-state index in [1.54, 1.807) is 6.26 Å². The summed E-state index contributed by atoms with van der Waals surface area (Å²) >= 11 is 6.14. The van der Waals surface area contributed by atoms with E-state index in [4.69, 9.17) is 16.3 Å². The van der Waals surface area contributed by atoms with Gasteiger partial charge in [0.25, 0.3) is 0 Å². The lowest BCUT2D eigenvalue weighted by Crippen LogP contribution is -2.42. The van der Waals surface area contributed by atoms with Crippen molar-refractivity contribution in [1.82, 2.24) is 0 Å². The largest absolute Gasteiger partial charge is 0.476 e. The van der Waals surface area contributed by atoms with Gasteiger partial charge in [0, 0.05) is 6.42 Å². The van der Waals surface area contributed by atoms with E-state index in [1.807, 2.05) is 31.2 Å². The fraction of sp³-hybridized carbons (Fsp3) is 0.429. The topological polar surface area (TPSA) is 21.3 Å². The minimum Gasteiger partial charge on any atom is -0.476 e. The second-order valence-electron chi connectivity index (χ2n) is 5.42. The summed E-state index contributed by atoms with van der Waals surface area (Å²) in [6.45, 7) is 6.43. The first kappa shape index (κ1) is 12.3. The van der Waals surface area contributed by atoms with Gasteiger partial charge in [0.05, 0.1) is 17.0 Å². The minimum absolute atomic E-state index is 0.126. The Morgan fingerprint density at radius 2 is 1.94 bits per heavy atom. The van der Waals surface area contributed by atoms with Crippen LogP contribution in [0.15, 0.2) is 36.6 Å². The zero-order chi connectivity index (χ0) is 12.5. The maximum absolute atomic E-state index is 6.14. The van der Waals surface area contributed by atoms with Crippen molar-refractivity contribution >= 4 is 17.3 Å². The van der Waals surface area contributed by atoms with Crippen molar-refractivity contribution in [3.05, 3.63) is 41.6 Å². The highest BCUT2D eigenvalue weighted by Crippen LogP contribution is 2.37. The molecule has 0 bridgehead atoms. The van der Waals surface area contributed by atoms with Crippen LogP contribution in [0.5, 0.6) is 0 Å². The first-order valence-electron chi connectivity index (χ1n) is 5.79. The molecule has 1 atom stereocenters. The normalized spacial score (nSPS) is 26.4. The molecular formula is C14H18ClNO. The van der Waals surface area contributed by atoms with Crippen LogP contribution in [0.4, 0.5) is 5.69 Å². The summed E-state index contributed by atoms with van der Waals surface area (Å²) in [4.78, 5) is 0. The molecular weight excluding hydrogens is 234 g/mol. The molecule has 0 amide bonds. The highest BCUT2D eigenvalue weighted by molar-refractivity contribution is 6.33. The summed E-state index contributed by atoms with van der Waals surface area (Å²) in [7, 11) is 0. The first-order chi connectivity index (χ1) is 7.90. The van der Waals surface area contributed by atoms with Crippen molar-refractivity contribution in [2.24, 2.45) is 5.41 Å². The van der Waals surface area contributed by atoms with Gasteiger partial charge in [0.1, 0.15) is 0 Å². The second kappa shape index (κ2) is 4.26. The molecule has 3 heteroatoms. The molecule has 0 aromatic heterocycles. The molecule has 1 unspecified atom stereocenters. The van der Waals surface area contributed by atoms with Crippen molar-refractivity contribution in [2.75, 3.05) is 5.32 Å². The molecule has 1 N–H and O–H groups in total. The molecule has 0 fully saturated rings. The Kier molecular flexibility index (Phi) is 3.09. The van der Waals surface area contributed by atoms with Crippen LogP contribution in [0.25, 0.3) is 0 Å². The Bertz CT molecular complexity index is 442. The summed E-state index contributed by atoms with van der Waals surface area (Å²) in [5, 5.41) is 4.09. The number of allylic oxidation sites excluding steroid dienone is 1. The molecule has 1 aliphatic rings. The molecule has 92 valence electrons. The van der Waals surface area contributed by atoms with E-state index in [1.165, 1.54) is 0 Å². The van der Waals surface area contributed by atoms with E-state index in [0.717, 1.165) is 12.1 Å². The Morgan fingerprint density at radius 1 is 1.24 bits per heavy atom. The number of hydrogen-bond acceptors (Lipinski definition) is 2. The number of benzene rings is 1. The number of nitrogens with one attached hydrogen (secondary N) is 1. The molecule has 0 saturated heterocycles. The monoisotopic (exact) mass is 251 g/mol. The summed E-state index contributed by atoms with van der Waals surface area (Å²) in [5.41, 5.74) is 0.618. The number of ether oxygens (including phenoxy) is 1. The van der Waals surface area contributed by atoms with Gasteiger partial charge in [-0.2, -0.15) is 0 Å². The van der Waals surface area contributed by atoms with Gasteiger partial charge in [-0.05, 0) is 30.5 Å². The maximum atomic E-state index is 6.14. The van der Waals surface area contributed by atoms with Gasteiger partial charge in [-0.1, -0.05) is 37.6 Å². The quantitative estimate of drug-likeness (QED) is 0.840. The van der Waals surface area contributed by atoms with Crippen LogP contribution >= 0.6 is 11.6 Å². The van der Waals surface area contributed by atoms with E-state index in [-0.39, 0.29) is 5.41 Å². The van der Waals surface area contributed by atoms with Gasteiger partial charge in [-0.15, -0.1) is 0 Å². The van der Waals surface area contributed by atoms with Crippen LogP contribution in [0.1, 0.15) is 27.2 Å². The molecule has 0 saturated carbocycles. The summed E-state index contributed by atoms with van der Waals surface area (Å²) in [6.07, 6.45) is 4.75. The standard InChI is InChI=1S/C14H18ClNO/c1-13(2)8-9-17-14(3,10-13)16-12-7-5-4-6-11(12)15/h4-9,16H,10H2,1-3H3. The van der Waals surface area contributed by atoms with Crippen molar-refractivity contribution in [2.45, 2.75) is 32.9 Å². The van der Waals surface area contributed by atoms with Gasteiger partial charge in [-0.3, -0.25) is 0 Å². The van der Waals surface area contributed by atoms with E-state index in [9.17, 15) is 0 Å². The van der Waals surface area contributed by atoms with E-state index >= 15 is 0 Å². The lowest BCUT2D eigenvalue weighted by atomic mass is 9.83. The predicted octanol–water partition coefficient (Wildman–Crippen LogP) is 4.43. The third-order valence-electron chi connectivity index (χ3n) is 2.91. The smallest absolute Gasteiger partial charge is 0.177 e. The van der Waals surface area contributed by atoms with Crippen molar-refractivity contribution < 1.29 is 4.74 Å². The summed E-state index contributed by atoms with van der Waals surface area (Å²) in [5.74, 6) is 0. The van der Waals surface area contributed by atoms with Crippen LogP contribution in [-0.2, 0) is 4.74 Å². The predicted molar refractivity (Wildman–Crippen MR) is 72.1 cm³/mol. The van der Waals surface area contributed by atoms with Gasteiger partial charge < -0.3 is 10.1 Å². The molecule has 0 aliphatic carbocycles. The van der Waals surface area contributed by atoms with Crippen molar-refractivity contribution in [3.63, 3.8) is 0 Å². The minimum atomic E-state index is -0.413. The van der Waals surface area contributed by atoms with Gasteiger partial charge in [-0.25, -0.2) is 0 Å². The van der Waals surface area contributed by atoms with Crippen molar-refractivity contribution in [3.8, 4) is 0 Å². The highest BCUT2D eigenvalue weighted by atomic mass is 35.5. The van der Waals surface area contributed by atoms with Crippen LogP contribution in [0.2, 0.25) is 5.02 Å². The molecule has 1 heterocycles. The molecule has 1 aromatic rings. The number of hydrogen-bond donors (Lipinski definition) is 1. The van der Waals surface area contributed by atoms with E-state index in [0.29, 0.717) is 5.02 Å². The third-order valence-corrected chi connectivity index (χ3v) is 3.24. The molecule has 0 spiro atoms. The molecule has 1 aliphatic heterocycles. The number of para-hydroxylation sites is 1. The Balaban J connectivity index is 2.19. The fourth-order valence-electron chi connectivity index (χ4n) is 2.26. The third kappa shape index (κ3) is 2.95. The second-order valence-corrected chi connectivity index (χ2v) is 5.83. The summed E-state index contributed by atoms with van der Waals surface area (Å²) in [6, 6.07) is 7.71. The van der Waals surface area contributed by atoms with Crippen LogP contribution in [0, 0.1) is 5.41 Å². The van der Waals surface area contributed by atoms with Crippen LogP contribution in [-0.4, -0.2) is 5.72 Å². The molecule has 2 nitrogen and oxygen atoms in total. The first-order valence-corrected chi connectivity index (χ1v) is 6.16. The zero-order valence-corrected chi connectivity index (χ0v) is 11.2. The SMILES string of the molecule is CC1(C)C=COC(C)(Nc2ccccc2Cl)C1. The van der Waals surface area contributed by atoms with Crippen LogP contribution < -0.4 is 5.32 Å². The number of anilines is 1. The van der Waals surface area contributed by atoms with Crippen molar-refractivity contribution in [1.29, 1.82) is 0 Å². The van der Waals surface area contributed by atoms with E-state index in [2.05, 4.69) is 25.2 Å². The zero-order valence-electron chi connectivity index (χ0n) is 10.5. The van der Waals surface area contributed by atoms with Gasteiger partial charge in [0.15, 0.2) is 5.72 Å². The number of rotatable bonds is 2. The Morgan fingerprint density at radius 3 is 2.59 bits per heavy atom. The number of halogens is 1. The lowest BCUT2D eigenvalue weighted by Gasteiger charge is -2.40. The molecule has 0 radical (unpaired) electrons. The van der Waals surface area contributed by atoms with Gasteiger partial charge >= 0.3 is 0 Å². The average molecular weight is 252 g/mol. The fourth-order valence-corrected chi connectivity index (χ4v) is 2.44. The Labute approximate surface area is 108 Å². The highest BCUT2D eigenvalue weighted by Gasteiger charge is 2.35. The van der Waals surface area contributed by atoms with Crippen LogP contribution in [0.3, 0.4) is 0 Å². The Hall–Kier alpha value is -1.15. The average Bonchev–Trinajstić information content (AvgIpc) is 2.19. The lowest BCUT2D eigenvalue weighted by molar-refractivity contribution is 0.0151. The molecule has 2 rings (SSSR count).